The van der Waals surface area contributed by atoms with Crippen molar-refractivity contribution < 1.29 is 33.4 Å². The zero-order valence-corrected chi connectivity index (χ0v) is 23.6. The fourth-order valence-corrected chi connectivity index (χ4v) is 6.64. The van der Waals surface area contributed by atoms with Crippen LogP contribution in [0, 0.1) is 0 Å². The number of esters is 2. The Morgan fingerprint density at radius 2 is 1.85 bits per heavy atom. The van der Waals surface area contributed by atoms with Gasteiger partial charge in [-0.2, -0.15) is 0 Å². The molecule has 0 bridgehead atoms. The number of rotatable bonds is 11. The lowest BCUT2D eigenvalue weighted by molar-refractivity contribution is -0.153. The number of nitrogens with zero attached hydrogens (tertiary/aromatic N) is 1. The van der Waals surface area contributed by atoms with Crippen LogP contribution in [0.2, 0.25) is 0 Å². The predicted octanol–water partition coefficient (Wildman–Crippen LogP) is 3.45. The van der Waals surface area contributed by atoms with Crippen molar-refractivity contribution in [3.8, 4) is 5.75 Å². The summed E-state index contributed by atoms with van der Waals surface area (Å²) >= 11 is 8.10. The van der Waals surface area contributed by atoms with Crippen molar-refractivity contribution in [3.05, 3.63) is 76.3 Å². The lowest BCUT2D eigenvalue weighted by Crippen LogP contribution is -2.70. The van der Waals surface area contributed by atoms with Crippen LogP contribution >= 0.6 is 35.1 Å². The van der Waals surface area contributed by atoms with E-state index < -0.39 is 34.7 Å². The van der Waals surface area contributed by atoms with Gasteiger partial charge in [0.25, 0.3) is 5.91 Å². The average Bonchev–Trinajstić information content (AvgIpc) is 2.95. The molecule has 2 amide bonds. The molecule has 12 heteroatoms. The fourth-order valence-electron chi connectivity index (χ4n) is 4.06. The van der Waals surface area contributed by atoms with Crippen LogP contribution in [-0.2, 0) is 41.7 Å². The summed E-state index contributed by atoms with van der Waals surface area (Å²) in [5.74, 6) is -1.24. The van der Waals surface area contributed by atoms with Gasteiger partial charge in [0.15, 0.2) is 0 Å². The van der Waals surface area contributed by atoms with Gasteiger partial charge in [-0.3, -0.25) is 19.3 Å². The number of alkyl halides is 1. The number of ether oxygens (including phenoxy) is 3. The molecule has 39 heavy (non-hydrogen) atoms. The molecule has 0 radical (unpaired) electrons. The summed E-state index contributed by atoms with van der Waals surface area (Å²) in [6, 6.07) is 15.5. The van der Waals surface area contributed by atoms with E-state index in [1.165, 1.54) is 16.7 Å². The van der Waals surface area contributed by atoms with Gasteiger partial charge in [0.05, 0.1) is 13.5 Å². The number of nitrogens with one attached hydrogen (secondary N) is 1. The highest BCUT2D eigenvalue weighted by Gasteiger charge is 2.54. The summed E-state index contributed by atoms with van der Waals surface area (Å²) < 4.78 is 16.0. The molecule has 2 heterocycles. The third-order valence-electron chi connectivity index (χ3n) is 5.89. The van der Waals surface area contributed by atoms with Gasteiger partial charge < -0.3 is 19.5 Å². The molecule has 1 N–H and O–H groups in total. The summed E-state index contributed by atoms with van der Waals surface area (Å²) in [6.45, 7) is 1.64. The second-order valence-corrected chi connectivity index (χ2v) is 11.4. The average molecular weight is 591 g/mol. The Labute approximate surface area is 239 Å². The van der Waals surface area contributed by atoms with Crippen LogP contribution in [0.15, 0.2) is 65.2 Å². The van der Waals surface area contributed by atoms with Crippen LogP contribution in [-0.4, -0.2) is 64.2 Å². The van der Waals surface area contributed by atoms with Crippen molar-refractivity contribution in [3.63, 3.8) is 0 Å². The summed E-state index contributed by atoms with van der Waals surface area (Å²) in [5, 5.41) is 2.34. The first-order valence-electron chi connectivity index (χ1n) is 12.0. The minimum absolute atomic E-state index is 0.0157. The number of hydrogen-bond acceptors (Lipinski definition) is 9. The zero-order chi connectivity index (χ0) is 27.9. The molecule has 206 valence electrons. The molecule has 0 spiro atoms. The second-order valence-electron chi connectivity index (χ2n) is 8.62. The van der Waals surface area contributed by atoms with E-state index in [-0.39, 0.29) is 30.5 Å². The largest absolute Gasteiger partial charge is 0.497 e. The first-order valence-corrected chi connectivity index (χ1v) is 14.5. The molecule has 2 aliphatic heterocycles. The van der Waals surface area contributed by atoms with E-state index in [2.05, 4.69) is 5.32 Å². The molecule has 9 nitrogen and oxygen atoms in total. The fraction of sp³-hybridized carbons (Fsp3) is 0.333. The molecule has 1 unspecified atom stereocenters. The number of β-lactam (4-membered cyclic amide) rings is 1. The summed E-state index contributed by atoms with van der Waals surface area (Å²) in [6.07, 6.45) is 0.138. The van der Waals surface area contributed by atoms with E-state index in [0.717, 1.165) is 22.9 Å². The monoisotopic (exact) mass is 590 g/mol. The van der Waals surface area contributed by atoms with Gasteiger partial charge in [-0.25, -0.2) is 4.79 Å². The van der Waals surface area contributed by atoms with Crippen molar-refractivity contribution in [2.45, 2.75) is 36.8 Å². The van der Waals surface area contributed by atoms with Gasteiger partial charge in [0, 0.05) is 10.7 Å². The second kappa shape index (κ2) is 13.3. The first-order chi connectivity index (χ1) is 18.8. The Morgan fingerprint density at radius 1 is 1.13 bits per heavy atom. The number of amides is 2. The molecule has 2 aromatic carbocycles. The topological polar surface area (TPSA) is 111 Å². The van der Waals surface area contributed by atoms with E-state index in [4.69, 9.17) is 25.8 Å². The number of halogens is 1. The summed E-state index contributed by atoms with van der Waals surface area (Å²) in [5.41, 5.74) is 1.01. The van der Waals surface area contributed by atoms with Crippen LogP contribution in [0.5, 0.6) is 5.75 Å². The van der Waals surface area contributed by atoms with Gasteiger partial charge >= 0.3 is 11.9 Å². The van der Waals surface area contributed by atoms with E-state index >= 15 is 0 Å². The Kier molecular flexibility index (Phi) is 9.82. The number of methoxy groups -OCH3 is 1. The van der Waals surface area contributed by atoms with Crippen LogP contribution in [0.4, 0.5) is 0 Å². The van der Waals surface area contributed by atoms with Crippen LogP contribution in [0.1, 0.15) is 18.1 Å². The number of carbonyl (C=O) groups is 4. The van der Waals surface area contributed by atoms with Crippen molar-refractivity contribution in [2.24, 2.45) is 0 Å². The lowest BCUT2D eigenvalue weighted by Gasteiger charge is -2.49. The van der Waals surface area contributed by atoms with Crippen LogP contribution < -0.4 is 10.1 Å². The van der Waals surface area contributed by atoms with Crippen molar-refractivity contribution in [1.82, 2.24) is 10.2 Å². The van der Waals surface area contributed by atoms with Gasteiger partial charge in [0.2, 0.25) is 5.91 Å². The number of benzene rings is 2. The minimum atomic E-state index is -0.770. The highest BCUT2D eigenvalue weighted by atomic mass is 35.5. The van der Waals surface area contributed by atoms with Crippen LogP contribution in [0.3, 0.4) is 0 Å². The predicted molar refractivity (Wildman–Crippen MR) is 149 cm³/mol. The smallest absolute Gasteiger partial charge is 0.356 e. The maximum atomic E-state index is 13.3. The molecule has 2 aromatic rings. The van der Waals surface area contributed by atoms with Gasteiger partial charge in [0.1, 0.15) is 40.8 Å². The van der Waals surface area contributed by atoms with E-state index in [0.29, 0.717) is 16.4 Å². The first kappa shape index (κ1) is 28.8. The maximum Gasteiger partial charge on any atom is 0.356 e. The maximum absolute atomic E-state index is 13.3. The Hall–Kier alpha value is -3.15. The highest BCUT2D eigenvalue weighted by molar-refractivity contribution is 8.06. The Morgan fingerprint density at radius 3 is 2.51 bits per heavy atom. The third-order valence-corrected chi connectivity index (χ3v) is 8.63. The molecule has 0 aliphatic carbocycles. The number of thioether (sulfide) groups is 2. The van der Waals surface area contributed by atoms with Crippen molar-refractivity contribution in [2.75, 3.05) is 18.7 Å². The van der Waals surface area contributed by atoms with E-state index in [9.17, 15) is 19.2 Å². The molecular formula is C27H27ClN2O7S2. The van der Waals surface area contributed by atoms with Gasteiger partial charge in [-0.05, 0) is 30.2 Å². The standard InChI is InChI=1S/C27H27ClN2O7S2/c1-16(37-22(32)13-28)39-20-15-38-26-23(29-21(31)12-17-6-4-3-5-7-17)25(33)30(26)24(20)27(34)36-14-18-8-10-19(35-2)11-9-18/h3-11,16,23,26H,12-15H2,1-2H3,(H,29,31)/t16?,23-,26-/m1/s1. The molecule has 1 fully saturated rings. The zero-order valence-electron chi connectivity index (χ0n) is 21.3. The van der Waals surface area contributed by atoms with Gasteiger partial charge in [-0.1, -0.05) is 54.2 Å². The van der Waals surface area contributed by atoms with E-state index in [1.54, 1.807) is 38.3 Å². The Bertz CT molecular complexity index is 1260. The highest BCUT2D eigenvalue weighted by Crippen LogP contribution is 2.44. The third kappa shape index (κ3) is 7.09. The number of carbonyl (C=O) groups excluding carboxylic acids is 4. The summed E-state index contributed by atoms with van der Waals surface area (Å²) in [4.78, 5) is 52.7. The minimum Gasteiger partial charge on any atom is -0.497 e. The molecule has 0 aromatic heterocycles. The quantitative estimate of drug-likeness (QED) is 0.182. The molecule has 4 rings (SSSR count). The molecule has 2 aliphatic rings. The molecular weight excluding hydrogens is 564 g/mol. The van der Waals surface area contributed by atoms with E-state index in [1.807, 2.05) is 30.3 Å². The van der Waals surface area contributed by atoms with Crippen molar-refractivity contribution >= 4 is 58.9 Å². The normalized spacial score (nSPS) is 18.9. The molecule has 0 saturated carbocycles. The Balaban J connectivity index is 1.49. The summed E-state index contributed by atoms with van der Waals surface area (Å²) in [7, 11) is 1.56. The number of hydrogen-bond donors (Lipinski definition) is 1. The van der Waals surface area contributed by atoms with Gasteiger partial charge in [-0.15, -0.1) is 23.4 Å². The molecule has 1 saturated heterocycles. The van der Waals surface area contributed by atoms with Crippen molar-refractivity contribution in [1.29, 1.82) is 0 Å². The number of fused-ring (bicyclic) bond motifs is 1. The van der Waals surface area contributed by atoms with Crippen LogP contribution in [0.25, 0.3) is 0 Å². The SMILES string of the molecule is COc1ccc(COC(=O)C2=C(SC(C)OC(=O)CCl)CS[C@@H]3[C@H](NC(=O)Cc4ccccc4)C(=O)N23)cc1. The molecule has 3 atom stereocenters. The lowest BCUT2D eigenvalue weighted by atomic mass is 10.0.